The molecule has 2 aromatic heterocycles. The van der Waals surface area contributed by atoms with Gasteiger partial charge in [-0.15, -0.1) is 10.2 Å². The number of fused-ring (bicyclic) bond motifs is 2. The number of aromatic nitrogens is 4. The molecule has 10 heteroatoms. The van der Waals surface area contributed by atoms with Crippen molar-refractivity contribution in [3.05, 3.63) is 72.6 Å². The fourth-order valence-electron chi connectivity index (χ4n) is 3.27. The summed E-state index contributed by atoms with van der Waals surface area (Å²) in [4.78, 5) is 13.6. The predicted molar refractivity (Wildman–Crippen MR) is 128 cm³/mol. The van der Waals surface area contributed by atoms with Gasteiger partial charge in [0.1, 0.15) is 17.1 Å². The van der Waals surface area contributed by atoms with E-state index in [1.807, 2.05) is 54.6 Å². The Kier molecular flexibility index (Phi) is 5.21. The number of amides is 1. The Morgan fingerprint density at radius 2 is 1.84 bits per heavy atom. The summed E-state index contributed by atoms with van der Waals surface area (Å²) in [6, 6.07) is 19.0. The second-order valence-electron chi connectivity index (χ2n) is 6.85. The topological polar surface area (TPSA) is 93.4 Å². The lowest BCUT2D eigenvalue weighted by Crippen LogP contribution is -2.34. The normalized spacial score (nSPS) is 10.9. The maximum atomic E-state index is 12.8. The summed E-state index contributed by atoms with van der Waals surface area (Å²) < 4.78 is 7.04. The number of carbonyl (C=O) groups excluding carboxylic acids is 1. The standard InChI is InChI=1S/C22H16N6O2S2/c1-30-18-11-15-5-3-2-4-14(15)10-17(18)19(29)25-21(31)24-16-8-6-13(7-9-16)20-27-28-12-23-26-22(28)32-20/h2-12H,1H3,(H2,24,25,29,31). The van der Waals surface area contributed by atoms with E-state index in [1.54, 1.807) is 16.9 Å². The molecule has 0 bridgehead atoms. The minimum absolute atomic E-state index is 0.191. The van der Waals surface area contributed by atoms with Crippen LogP contribution in [0.1, 0.15) is 10.4 Å². The maximum absolute atomic E-state index is 12.8. The molecule has 0 aliphatic rings. The number of nitrogens with one attached hydrogen (secondary N) is 2. The van der Waals surface area contributed by atoms with Crippen molar-refractivity contribution in [1.82, 2.24) is 25.1 Å². The van der Waals surface area contributed by atoms with E-state index in [1.165, 1.54) is 18.4 Å². The first-order chi connectivity index (χ1) is 15.6. The molecule has 0 atom stereocenters. The zero-order valence-electron chi connectivity index (χ0n) is 16.8. The van der Waals surface area contributed by atoms with E-state index in [9.17, 15) is 4.79 Å². The molecule has 3 aromatic carbocycles. The van der Waals surface area contributed by atoms with Crippen molar-refractivity contribution in [1.29, 1.82) is 0 Å². The third-order valence-electron chi connectivity index (χ3n) is 4.82. The Hall–Kier alpha value is -3.89. The van der Waals surface area contributed by atoms with E-state index in [0.29, 0.717) is 11.3 Å². The first-order valence-corrected chi connectivity index (χ1v) is 10.8. The Bertz CT molecular complexity index is 1430. The van der Waals surface area contributed by atoms with Gasteiger partial charge in [0.25, 0.3) is 5.91 Å². The van der Waals surface area contributed by atoms with Crippen LogP contribution in [0.25, 0.3) is 26.3 Å². The van der Waals surface area contributed by atoms with E-state index in [2.05, 4.69) is 25.9 Å². The number of nitrogens with zero attached hydrogens (tertiary/aromatic N) is 4. The van der Waals surface area contributed by atoms with Crippen LogP contribution in [0.5, 0.6) is 5.75 Å². The van der Waals surface area contributed by atoms with Crippen LogP contribution in [0.4, 0.5) is 5.69 Å². The number of ether oxygens (including phenoxy) is 1. The molecule has 0 spiro atoms. The highest BCUT2D eigenvalue weighted by molar-refractivity contribution is 7.80. The average Bonchev–Trinajstić information content (AvgIpc) is 3.41. The minimum atomic E-state index is -0.346. The van der Waals surface area contributed by atoms with Crippen LogP contribution in [-0.2, 0) is 0 Å². The van der Waals surface area contributed by atoms with Gasteiger partial charge < -0.3 is 10.1 Å². The van der Waals surface area contributed by atoms with Gasteiger partial charge in [-0.3, -0.25) is 10.1 Å². The molecular weight excluding hydrogens is 444 g/mol. The fourth-order valence-corrected chi connectivity index (χ4v) is 4.31. The quantitative estimate of drug-likeness (QED) is 0.389. The average molecular weight is 461 g/mol. The van der Waals surface area contributed by atoms with Crippen LogP contribution >= 0.6 is 23.6 Å². The molecule has 0 radical (unpaired) electrons. The summed E-state index contributed by atoms with van der Waals surface area (Å²) in [5.41, 5.74) is 2.10. The molecule has 8 nitrogen and oxygen atoms in total. The highest BCUT2D eigenvalue weighted by Crippen LogP contribution is 2.27. The molecule has 0 unspecified atom stereocenters. The largest absolute Gasteiger partial charge is 0.496 e. The van der Waals surface area contributed by atoms with Crippen LogP contribution < -0.4 is 15.4 Å². The van der Waals surface area contributed by atoms with Crippen molar-refractivity contribution in [2.45, 2.75) is 0 Å². The number of hydrogen-bond donors (Lipinski definition) is 2. The van der Waals surface area contributed by atoms with Crippen molar-refractivity contribution >= 4 is 56.0 Å². The molecule has 2 heterocycles. The lowest BCUT2D eigenvalue weighted by atomic mass is 10.1. The van der Waals surface area contributed by atoms with Gasteiger partial charge in [-0.1, -0.05) is 35.6 Å². The number of anilines is 1. The van der Waals surface area contributed by atoms with Crippen LogP contribution in [0.15, 0.2) is 67.0 Å². The summed E-state index contributed by atoms with van der Waals surface area (Å²) in [5, 5.41) is 21.0. The van der Waals surface area contributed by atoms with E-state index in [-0.39, 0.29) is 11.0 Å². The lowest BCUT2D eigenvalue weighted by molar-refractivity contribution is 0.0975. The molecule has 0 saturated carbocycles. The number of carbonyl (C=O) groups is 1. The number of benzene rings is 3. The van der Waals surface area contributed by atoms with Crippen molar-refractivity contribution in [3.63, 3.8) is 0 Å². The number of hydrogen-bond acceptors (Lipinski definition) is 7. The number of rotatable bonds is 4. The Morgan fingerprint density at radius 1 is 1.09 bits per heavy atom. The zero-order valence-corrected chi connectivity index (χ0v) is 18.4. The second-order valence-corrected chi connectivity index (χ2v) is 8.21. The second kappa shape index (κ2) is 8.33. The minimum Gasteiger partial charge on any atom is -0.496 e. The van der Waals surface area contributed by atoms with E-state index >= 15 is 0 Å². The van der Waals surface area contributed by atoms with Crippen molar-refractivity contribution < 1.29 is 9.53 Å². The third-order valence-corrected chi connectivity index (χ3v) is 5.98. The predicted octanol–water partition coefficient (Wildman–Crippen LogP) is 4.14. The maximum Gasteiger partial charge on any atom is 0.261 e. The molecule has 0 aliphatic heterocycles. The Balaban J connectivity index is 1.28. The highest BCUT2D eigenvalue weighted by atomic mass is 32.1. The SMILES string of the molecule is COc1cc2ccccc2cc1C(=O)NC(=S)Nc1ccc(-c2nn3cnnc3s2)cc1. The van der Waals surface area contributed by atoms with Crippen molar-refractivity contribution in [2.24, 2.45) is 0 Å². The Morgan fingerprint density at radius 3 is 2.56 bits per heavy atom. The first kappa shape index (κ1) is 20.0. The highest BCUT2D eigenvalue weighted by Gasteiger charge is 2.15. The molecule has 0 fully saturated rings. The summed E-state index contributed by atoms with van der Waals surface area (Å²) in [7, 11) is 1.54. The number of thiocarbonyl (C=S) groups is 1. The summed E-state index contributed by atoms with van der Waals surface area (Å²) in [6.45, 7) is 0. The van der Waals surface area contributed by atoms with Crippen LogP contribution in [0.3, 0.4) is 0 Å². The Labute approximate surface area is 191 Å². The van der Waals surface area contributed by atoms with Crippen molar-refractivity contribution in [2.75, 3.05) is 12.4 Å². The molecule has 5 rings (SSSR count). The number of methoxy groups -OCH3 is 1. The first-order valence-electron chi connectivity index (χ1n) is 9.57. The van der Waals surface area contributed by atoms with Gasteiger partial charge in [-0.2, -0.15) is 9.61 Å². The molecule has 158 valence electrons. The van der Waals surface area contributed by atoms with Gasteiger partial charge in [0, 0.05) is 11.3 Å². The smallest absolute Gasteiger partial charge is 0.261 e. The van der Waals surface area contributed by atoms with Gasteiger partial charge in [0.05, 0.1) is 12.7 Å². The van der Waals surface area contributed by atoms with Crippen molar-refractivity contribution in [3.8, 4) is 16.3 Å². The summed E-state index contributed by atoms with van der Waals surface area (Å²) in [5.74, 6) is 0.139. The molecular formula is C22H16N6O2S2. The van der Waals surface area contributed by atoms with E-state index < -0.39 is 0 Å². The summed E-state index contributed by atoms with van der Waals surface area (Å²) >= 11 is 6.78. The van der Waals surface area contributed by atoms with Gasteiger partial charge >= 0.3 is 0 Å². The molecule has 1 amide bonds. The van der Waals surface area contributed by atoms with Gasteiger partial charge in [-0.05, 0) is 59.4 Å². The van der Waals surface area contributed by atoms with Crippen LogP contribution in [0, 0.1) is 0 Å². The van der Waals surface area contributed by atoms with E-state index in [4.69, 9.17) is 17.0 Å². The van der Waals surface area contributed by atoms with Gasteiger partial charge in [-0.25, -0.2) is 0 Å². The third kappa shape index (κ3) is 3.88. The molecule has 32 heavy (non-hydrogen) atoms. The molecule has 0 aliphatic carbocycles. The molecule has 2 N–H and O–H groups in total. The van der Waals surface area contributed by atoms with Gasteiger partial charge in [0.2, 0.25) is 4.96 Å². The molecule has 0 saturated heterocycles. The van der Waals surface area contributed by atoms with Gasteiger partial charge in [0.15, 0.2) is 5.11 Å². The lowest BCUT2D eigenvalue weighted by Gasteiger charge is -2.13. The molecule has 5 aromatic rings. The zero-order chi connectivity index (χ0) is 22.1. The monoisotopic (exact) mass is 460 g/mol. The van der Waals surface area contributed by atoms with Crippen LogP contribution in [-0.4, -0.2) is 37.9 Å². The summed E-state index contributed by atoms with van der Waals surface area (Å²) in [6.07, 6.45) is 1.57. The van der Waals surface area contributed by atoms with Crippen LogP contribution in [0.2, 0.25) is 0 Å². The van der Waals surface area contributed by atoms with E-state index in [0.717, 1.165) is 32.0 Å². The fraction of sp³-hybridized carbons (Fsp3) is 0.0455.